The average Bonchev–Trinajstić information content (AvgIpc) is 2.28. The lowest BCUT2D eigenvalue weighted by molar-refractivity contribution is 0.103. The summed E-state index contributed by atoms with van der Waals surface area (Å²) in [6.07, 6.45) is 0. The fourth-order valence-electron chi connectivity index (χ4n) is 1.49. The zero-order chi connectivity index (χ0) is 12.4. The van der Waals surface area contributed by atoms with Gasteiger partial charge in [-0.25, -0.2) is 0 Å². The maximum absolute atomic E-state index is 12.3. The van der Waals surface area contributed by atoms with Crippen molar-refractivity contribution in [2.45, 2.75) is 0 Å². The molecule has 0 N–H and O–H groups in total. The van der Waals surface area contributed by atoms with Gasteiger partial charge in [-0.1, -0.05) is 46.3 Å². The molecular formula is C13H7Br3O. The van der Waals surface area contributed by atoms with Gasteiger partial charge in [-0.05, 0) is 44.0 Å². The van der Waals surface area contributed by atoms with Crippen molar-refractivity contribution in [1.29, 1.82) is 0 Å². The van der Waals surface area contributed by atoms with Crippen molar-refractivity contribution in [3.05, 3.63) is 67.0 Å². The Hall–Kier alpha value is -0.450. The predicted molar refractivity (Wildman–Crippen MR) is 79.4 cm³/mol. The Morgan fingerprint density at radius 2 is 1.41 bits per heavy atom. The second kappa shape index (κ2) is 5.46. The minimum absolute atomic E-state index is 0.00292. The summed E-state index contributed by atoms with van der Waals surface area (Å²) in [4.78, 5) is 12.3. The van der Waals surface area contributed by atoms with Crippen LogP contribution in [0.15, 0.2) is 55.9 Å². The van der Waals surface area contributed by atoms with Crippen molar-refractivity contribution in [3.8, 4) is 0 Å². The van der Waals surface area contributed by atoms with E-state index in [4.69, 9.17) is 0 Å². The first-order valence-corrected chi connectivity index (χ1v) is 7.22. The van der Waals surface area contributed by atoms with Crippen LogP contribution in [0.3, 0.4) is 0 Å². The summed E-state index contributed by atoms with van der Waals surface area (Å²) >= 11 is 10.2. The largest absolute Gasteiger partial charge is 0.289 e. The van der Waals surface area contributed by atoms with Gasteiger partial charge in [0.15, 0.2) is 5.78 Å². The van der Waals surface area contributed by atoms with Crippen LogP contribution in [-0.2, 0) is 0 Å². The first-order chi connectivity index (χ1) is 8.09. The van der Waals surface area contributed by atoms with Crippen molar-refractivity contribution in [2.24, 2.45) is 0 Å². The number of ketones is 1. The topological polar surface area (TPSA) is 17.1 Å². The third-order valence-corrected chi connectivity index (χ3v) is 3.98. The molecule has 2 aromatic carbocycles. The van der Waals surface area contributed by atoms with E-state index in [0.717, 1.165) is 13.4 Å². The summed E-state index contributed by atoms with van der Waals surface area (Å²) < 4.78 is 2.46. The average molecular weight is 419 g/mol. The Morgan fingerprint density at radius 3 is 1.94 bits per heavy atom. The lowest BCUT2D eigenvalue weighted by Crippen LogP contribution is -2.03. The summed E-state index contributed by atoms with van der Waals surface area (Å²) in [6.45, 7) is 0. The smallest absolute Gasteiger partial charge is 0.195 e. The van der Waals surface area contributed by atoms with Crippen LogP contribution in [-0.4, -0.2) is 5.78 Å². The van der Waals surface area contributed by atoms with E-state index in [1.807, 2.05) is 42.5 Å². The van der Waals surface area contributed by atoms with Crippen LogP contribution in [0.4, 0.5) is 0 Å². The molecule has 0 radical (unpaired) electrons. The Bertz CT molecular complexity index is 541. The first-order valence-electron chi connectivity index (χ1n) is 4.84. The van der Waals surface area contributed by atoms with Gasteiger partial charge in [0.05, 0.1) is 5.56 Å². The van der Waals surface area contributed by atoms with E-state index >= 15 is 0 Å². The van der Waals surface area contributed by atoms with E-state index in [1.54, 1.807) is 0 Å². The number of hydrogen-bond acceptors (Lipinski definition) is 1. The second-order valence-electron chi connectivity index (χ2n) is 3.44. The second-order valence-corrected chi connectivity index (χ2v) is 6.06. The van der Waals surface area contributed by atoms with E-state index in [-0.39, 0.29) is 5.78 Å². The van der Waals surface area contributed by atoms with Gasteiger partial charge in [-0.3, -0.25) is 4.79 Å². The molecule has 0 aliphatic rings. The molecule has 0 spiro atoms. The number of benzene rings is 2. The highest BCUT2D eigenvalue weighted by Gasteiger charge is 2.16. The maximum atomic E-state index is 12.3. The van der Waals surface area contributed by atoms with Gasteiger partial charge in [-0.2, -0.15) is 0 Å². The van der Waals surface area contributed by atoms with Gasteiger partial charge in [0.2, 0.25) is 0 Å². The van der Waals surface area contributed by atoms with E-state index in [0.29, 0.717) is 11.1 Å². The molecule has 0 unspecified atom stereocenters. The zero-order valence-electron chi connectivity index (χ0n) is 8.58. The maximum Gasteiger partial charge on any atom is 0.195 e. The van der Waals surface area contributed by atoms with E-state index in [2.05, 4.69) is 47.8 Å². The molecule has 0 saturated carbocycles. The molecule has 0 bridgehead atoms. The third kappa shape index (κ3) is 2.87. The van der Waals surface area contributed by atoms with Gasteiger partial charge >= 0.3 is 0 Å². The molecule has 0 aliphatic carbocycles. The van der Waals surface area contributed by atoms with Crippen LogP contribution in [0.1, 0.15) is 15.9 Å². The van der Waals surface area contributed by atoms with Crippen LogP contribution in [0.25, 0.3) is 0 Å². The van der Waals surface area contributed by atoms with Crippen LogP contribution < -0.4 is 0 Å². The molecule has 0 saturated heterocycles. The Labute approximate surface area is 125 Å². The normalized spacial score (nSPS) is 10.3. The lowest BCUT2D eigenvalue weighted by Gasteiger charge is -2.07. The Kier molecular flexibility index (Phi) is 4.17. The van der Waals surface area contributed by atoms with Crippen molar-refractivity contribution in [1.82, 2.24) is 0 Å². The number of carbonyl (C=O) groups excluding carboxylic acids is 1. The van der Waals surface area contributed by atoms with Crippen LogP contribution in [0.5, 0.6) is 0 Å². The molecule has 0 heterocycles. The summed E-state index contributed by atoms with van der Waals surface area (Å²) in [5.74, 6) is -0.00292. The summed E-state index contributed by atoms with van der Waals surface area (Å²) in [5, 5.41) is 0. The number of hydrogen-bond donors (Lipinski definition) is 0. The standard InChI is InChI=1S/C13H7Br3O/c14-9-6-10(15)12(11(16)7-9)13(17)8-4-2-1-3-5-8/h1-7H. The molecule has 86 valence electrons. The van der Waals surface area contributed by atoms with E-state index in [9.17, 15) is 4.79 Å². The lowest BCUT2D eigenvalue weighted by atomic mass is 10.0. The van der Waals surface area contributed by atoms with E-state index in [1.165, 1.54) is 0 Å². The molecule has 2 rings (SSSR count). The number of halogens is 3. The van der Waals surface area contributed by atoms with Gasteiger partial charge in [0.25, 0.3) is 0 Å². The molecule has 0 aliphatic heterocycles. The highest BCUT2D eigenvalue weighted by molar-refractivity contribution is 9.11. The van der Waals surface area contributed by atoms with Gasteiger partial charge in [0.1, 0.15) is 0 Å². The van der Waals surface area contributed by atoms with Crippen LogP contribution in [0, 0.1) is 0 Å². The molecule has 0 aromatic heterocycles. The molecule has 4 heteroatoms. The Morgan fingerprint density at radius 1 is 0.882 bits per heavy atom. The van der Waals surface area contributed by atoms with Crippen molar-refractivity contribution >= 4 is 53.6 Å². The summed E-state index contributed by atoms with van der Waals surface area (Å²) in [7, 11) is 0. The Balaban J connectivity index is 2.52. The van der Waals surface area contributed by atoms with Crippen molar-refractivity contribution < 1.29 is 4.79 Å². The molecule has 17 heavy (non-hydrogen) atoms. The molecule has 0 fully saturated rings. The van der Waals surface area contributed by atoms with Gasteiger partial charge in [0, 0.05) is 19.0 Å². The summed E-state index contributed by atoms with van der Waals surface area (Å²) in [5.41, 5.74) is 1.32. The zero-order valence-corrected chi connectivity index (χ0v) is 13.3. The monoisotopic (exact) mass is 416 g/mol. The third-order valence-electron chi connectivity index (χ3n) is 2.27. The summed E-state index contributed by atoms with van der Waals surface area (Å²) in [6, 6.07) is 12.9. The minimum atomic E-state index is -0.00292. The van der Waals surface area contributed by atoms with Gasteiger partial charge < -0.3 is 0 Å². The molecule has 0 atom stereocenters. The quantitative estimate of drug-likeness (QED) is 0.612. The first kappa shape index (κ1) is 13.0. The fourth-order valence-corrected chi connectivity index (χ4v) is 4.11. The number of rotatable bonds is 2. The van der Waals surface area contributed by atoms with E-state index < -0.39 is 0 Å². The fraction of sp³-hybridized carbons (Fsp3) is 0. The molecule has 0 amide bonds. The molecule has 1 nitrogen and oxygen atoms in total. The molecular weight excluding hydrogens is 412 g/mol. The SMILES string of the molecule is O=C(c1ccccc1)c1c(Br)cc(Br)cc1Br. The number of carbonyl (C=O) groups is 1. The van der Waals surface area contributed by atoms with Crippen LogP contribution >= 0.6 is 47.8 Å². The highest BCUT2D eigenvalue weighted by atomic mass is 79.9. The van der Waals surface area contributed by atoms with Gasteiger partial charge in [-0.15, -0.1) is 0 Å². The predicted octanol–water partition coefficient (Wildman–Crippen LogP) is 5.21. The minimum Gasteiger partial charge on any atom is -0.289 e. The molecule has 2 aromatic rings. The van der Waals surface area contributed by atoms with Crippen molar-refractivity contribution in [2.75, 3.05) is 0 Å². The highest BCUT2D eigenvalue weighted by Crippen LogP contribution is 2.31. The van der Waals surface area contributed by atoms with Crippen LogP contribution in [0.2, 0.25) is 0 Å². The van der Waals surface area contributed by atoms with Crippen molar-refractivity contribution in [3.63, 3.8) is 0 Å².